The molecule has 1 atom stereocenters. The SMILES string of the molecule is CN(C)CCCC[C@H](NC(=O)C1(C(=O)O)CCC1)C(=O)Nc1ccc(COc2ccccc2Br)cc1. The zero-order valence-corrected chi connectivity index (χ0v) is 22.3. The maximum Gasteiger partial charge on any atom is 0.319 e. The van der Waals surface area contributed by atoms with E-state index in [0.717, 1.165) is 35.2 Å². The van der Waals surface area contributed by atoms with E-state index < -0.39 is 23.3 Å². The number of rotatable bonds is 13. The summed E-state index contributed by atoms with van der Waals surface area (Å²) in [7, 11) is 3.96. The van der Waals surface area contributed by atoms with Crippen molar-refractivity contribution in [1.82, 2.24) is 10.2 Å². The molecule has 1 aliphatic rings. The Morgan fingerprint density at radius 3 is 2.36 bits per heavy atom. The second kappa shape index (κ2) is 12.9. The second-order valence-corrected chi connectivity index (χ2v) is 10.3. The number of ether oxygens (including phenoxy) is 1. The van der Waals surface area contributed by atoms with Crippen LogP contribution in [-0.4, -0.2) is 54.5 Å². The summed E-state index contributed by atoms with van der Waals surface area (Å²) in [5, 5.41) is 15.2. The molecular weight excluding hydrogens is 526 g/mol. The smallest absolute Gasteiger partial charge is 0.319 e. The molecule has 8 nitrogen and oxygen atoms in total. The summed E-state index contributed by atoms with van der Waals surface area (Å²) in [5.41, 5.74) is 0.108. The Bertz CT molecular complexity index is 1050. The minimum atomic E-state index is -1.42. The number of unbranched alkanes of at least 4 members (excludes halogenated alkanes) is 1. The highest BCUT2D eigenvalue weighted by Crippen LogP contribution is 2.41. The van der Waals surface area contributed by atoms with E-state index in [1.165, 1.54) is 0 Å². The molecule has 36 heavy (non-hydrogen) atoms. The summed E-state index contributed by atoms with van der Waals surface area (Å²) in [6.07, 6.45) is 3.30. The summed E-state index contributed by atoms with van der Waals surface area (Å²) >= 11 is 3.46. The van der Waals surface area contributed by atoms with Gasteiger partial charge in [0.25, 0.3) is 0 Å². The van der Waals surface area contributed by atoms with Crippen LogP contribution in [0, 0.1) is 5.41 Å². The maximum atomic E-state index is 13.1. The highest BCUT2D eigenvalue weighted by Gasteiger charge is 2.51. The van der Waals surface area contributed by atoms with E-state index in [1.807, 2.05) is 50.5 Å². The largest absolute Gasteiger partial charge is 0.488 e. The van der Waals surface area contributed by atoms with Crippen molar-refractivity contribution in [3.05, 3.63) is 58.6 Å². The van der Waals surface area contributed by atoms with Crippen molar-refractivity contribution in [3.8, 4) is 5.75 Å². The van der Waals surface area contributed by atoms with Gasteiger partial charge in [-0.3, -0.25) is 14.4 Å². The molecule has 9 heteroatoms. The predicted octanol–water partition coefficient (Wildman–Crippen LogP) is 4.44. The Morgan fingerprint density at radius 2 is 1.78 bits per heavy atom. The number of para-hydroxylation sites is 1. The Balaban J connectivity index is 1.61. The van der Waals surface area contributed by atoms with Gasteiger partial charge in [-0.15, -0.1) is 0 Å². The average Bonchev–Trinajstić information content (AvgIpc) is 2.80. The van der Waals surface area contributed by atoms with Crippen LogP contribution in [0.3, 0.4) is 0 Å². The zero-order chi connectivity index (χ0) is 26.1. The molecule has 1 fully saturated rings. The highest BCUT2D eigenvalue weighted by atomic mass is 79.9. The normalized spacial score (nSPS) is 15.0. The monoisotopic (exact) mass is 559 g/mol. The minimum Gasteiger partial charge on any atom is -0.488 e. The van der Waals surface area contributed by atoms with Gasteiger partial charge in [0.05, 0.1) is 4.47 Å². The summed E-state index contributed by atoms with van der Waals surface area (Å²) in [4.78, 5) is 39.8. The number of anilines is 1. The van der Waals surface area contributed by atoms with Crippen molar-refractivity contribution in [2.24, 2.45) is 5.41 Å². The van der Waals surface area contributed by atoms with Gasteiger partial charge in [-0.05, 0) is 98.5 Å². The van der Waals surface area contributed by atoms with Gasteiger partial charge in [0.15, 0.2) is 0 Å². The van der Waals surface area contributed by atoms with E-state index >= 15 is 0 Å². The lowest BCUT2D eigenvalue weighted by atomic mass is 9.68. The van der Waals surface area contributed by atoms with Gasteiger partial charge < -0.3 is 25.4 Å². The number of nitrogens with one attached hydrogen (secondary N) is 2. The van der Waals surface area contributed by atoms with Crippen LogP contribution in [0.4, 0.5) is 5.69 Å². The van der Waals surface area contributed by atoms with Crippen molar-refractivity contribution >= 4 is 39.4 Å². The van der Waals surface area contributed by atoms with Crippen LogP contribution in [0.2, 0.25) is 0 Å². The minimum absolute atomic E-state index is 0.298. The second-order valence-electron chi connectivity index (χ2n) is 9.47. The molecule has 1 saturated carbocycles. The molecule has 0 radical (unpaired) electrons. The molecule has 0 aromatic heterocycles. The molecule has 0 unspecified atom stereocenters. The van der Waals surface area contributed by atoms with Crippen molar-refractivity contribution in [1.29, 1.82) is 0 Å². The lowest BCUT2D eigenvalue weighted by molar-refractivity contribution is -0.162. The summed E-state index contributed by atoms with van der Waals surface area (Å²) in [6, 6.07) is 14.1. The quantitative estimate of drug-likeness (QED) is 0.247. The van der Waals surface area contributed by atoms with Crippen molar-refractivity contribution < 1.29 is 24.2 Å². The van der Waals surface area contributed by atoms with Crippen LogP contribution in [0.25, 0.3) is 0 Å². The molecule has 0 aliphatic heterocycles. The number of benzene rings is 2. The number of hydrogen-bond donors (Lipinski definition) is 3. The Morgan fingerprint density at radius 1 is 1.08 bits per heavy atom. The van der Waals surface area contributed by atoms with Crippen LogP contribution in [0.5, 0.6) is 5.75 Å². The third-order valence-electron chi connectivity index (χ3n) is 6.47. The van der Waals surface area contributed by atoms with Gasteiger partial charge >= 0.3 is 5.97 Å². The number of nitrogens with zero attached hydrogens (tertiary/aromatic N) is 1. The predicted molar refractivity (Wildman–Crippen MR) is 142 cm³/mol. The Hall–Kier alpha value is -2.91. The molecule has 3 rings (SSSR count). The fourth-order valence-electron chi connectivity index (χ4n) is 4.05. The fourth-order valence-corrected chi connectivity index (χ4v) is 4.45. The summed E-state index contributed by atoms with van der Waals surface area (Å²) < 4.78 is 6.71. The first-order chi connectivity index (χ1) is 17.2. The van der Waals surface area contributed by atoms with E-state index in [-0.39, 0.29) is 5.91 Å². The molecule has 1 aliphatic carbocycles. The van der Waals surface area contributed by atoms with E-state index in [4.69, 9.17) is 4.74 Å². The number of carbonyl (C=O) groups is 3. The van der Waals surface area contributed by atoms with Crippen molar-refractivity contribution in [3.63, 3.8) is 0 Å². The molecule has 3 N–H and O–H groups in total. The summed E-state index contributed by atoms with van der Waals surface area (Å²) in [5.74, 6) is -1.31. The molecule has 2 amide bonds. The van der Waals surface area contributed by atoms with E-state index in [0.29, 0.717) is 38.0 Å². The van der Waals surface area contributed by atoms with Crippen LogP contribution in [0.15, 0.2) is 53.0 Å². The molecular formula is C27H34BrN3O5. The van der Waals surface area contributed by atoms with Crippen LogP contribution < -0.4 is 15.4 Å². The first-order valence-electron chi connectivity index (χ1n) is 12.2. The number of carboxylic acids is 1. The third-order valence-corrected chi connectivity index (χ3v) is 7.13. The van der Waals surface area contributed by atoms with Gasteiger partial charge in [0, 0.05) is 5.69 Å². The van der Waals surface area contributed by atoms with Gasteiger partial charge in [0.1, 0.15) is 23.8 Å². The molecule has 2 aromatic rings. The molecule has 194 valence electrons. The summed E-state index contributed by atoms with van der Waals surface area (Å²) in [6.45, 7) is 1.24. The van der Waals surface area contributed by atoms with Crippen LogP contribution in [0.1, 0.15) is 44.1 Å². The molecule has 2 aromatic carbocycles. The fraction of sp³-hybridized carbons (Fsp3) is 0.444. The number of hydrogen-bond acceptors (Lipinski definition) is 5. The number of halogens is 1. The first-order valence-corrected chi connectivity index (χ1v) is 13.0. The number of amides is 2. The molecule has 0 saturated heterocycles. The van der Waals surface area contributed by atoms with Crippen molar-refractivity contribution in [2.45, 2.75) is 51.2 Å². The van der Waals surface area contributed by atoms with Gasteiger partial charge in [-0.25, -0.2) is 0 Å². The Kier molecular flexibility index (Phi) is 9.89. The molecule has 0 heterocycles. The average molecular weight is 560 g/mol. The lowest BCUT2D eigenvalue weighted by Crippen LogP contribution is -2.55. The van der Waals surface area contributed by atoms with Gasteiger partial charge in [-0.1, -0.05) is 30.7 Å². The van der Waals surface area contributed by atoms with Crippen LogP contribution >= 0.6 is 15.9 Å². The number of carboxylic acid groups (broad SMARTS) is 1. The maximum absolute atomic E-state index is 13.1. The highest BCUT2D eigenvalue weighted by molar-refractivity contribution is 9.10. The third kappa shape index (κ3) is 7.30. The standard InChI is InChI=1S/C27H34BrN3O5/c1-31(2)17-6-5-9-22(30-25(33)27(26(34)35)15-7-16-27)24(32)29-20-13-11-19(12-14-20)18-36-23-10-4-3-8-21(23)28/h3-4,8,10-14,22H,5-7,9,15-18H2,1-2H3,(H,29,32)(H,30,33)(H,34,35)/t22-/m0/s1. The molecule has 0 spiro atoms. The zero-order valence-electron chi connectivity index (χ0n) is 20.8. The lowest BCUT2D eigenvalue weighted by Gasteiger charge is -2.37. The topological polar surface area (TPSA) is 108 Å². The van der Waals surface area contributed by atoms with E-state index in [1.54, 1.807) is 12.1 Å². The first kappa shape index (κ1) is 27.7. The van der Waals surface area contributed by atoms with Crippen LogP contribution in [-0.2, 0) is 21.0 Å². The number of carbonyl (C=O) groups excluding carboxylic acids is 2. The van der Waals surface area contributed by atoms with Gasteiger partial charge in [0.2, 0.25) is 11.8 Å². The van der Waals surface area contributed by atoms with Crippen molar-refractivity contribution in [2.75, 3.05) is 26.0 Å². The van der Waals surface area contributed by atoms with E-state index in [9.17, 15) is 19.5 Å². The number of aliphatic carboxylic acids is 1. The van der Waals surface area contributed by atoms with Gasteiger partial charge in [-0.2, -0.15) is 0 Å². The van der Waals surface area contributed by atoms with E-state index in [2.05, 4.69) is 31.5 Å². The molecule has 0 bridgehead atoms. The Labute approximate surface area is 220 Å².